The van der Waals surface area contributed by atoms with Crippen LogP contribution in [0.3, 0.4) is 0 Å². The third kappa shape index (κ3) is 5.03. The zero-order chi connectivity index (χ0) is 34.7. The summed E-state index contributed by atoms with van der Waals surface area (Å²) in [4.78, 5) is 2.31. The Hall–Kier alpha value is -6.06. The van der Waals surface area contributed by atoms with Crippen LogP contribution >= 0.6 is 0 Å². The molecule has 2 heterocycles. The minimum atomic E-state index is -0.255. The van der Waals surface area contributed by atoms with Crippen molar-refractivity contribution in [2.75, 3.05) is 4.90 Å². The van der Waals surface area contributed by atoms with E-state index in [2.05, 4.69) is 184 Å². The molecule has 0 saturated carbocycles. The highest BCUT2D eigenvalue weighted by molar-refractivity contribution is 5.87. The normalized spacial score (nSPS) is 14.5. The van der Waals surface area contributed by atoms with Gasteiger partial charge in [-0.1, -0.05) is 155 Å². The molecule has 9 rings (SSSR count). The molecule has 2 aliphatic heterocycles. The van der Waals surface area contributed by atoms with Gasteiger partial charge in [-0.3, -0.25) is 0 Å². The molecule has 0 aliphatic carbocycles. The van der Waals surface area contributed by atoms with Crippen molar-refractivity contribution in [1.29, 1.82) is 0 Å². The van der Waals surface area contributed by atoms with Crippen LogP contribution in [-0.2, 0) is 10.8 Å². The minimum absolute atomic E-state index is 0.255. The number of ether oxygens (including phenoxy) is 2. The predicted molar refractivity (Wildman–Crippen MR) is 209 cm³/mol. The standard InChI is InChI=1S/C48H39NO2/c1-47(2)37-16-8-10-22-43(37)50-45-39(47)18-12-20-41(45)49(42-21-13-19-40-46(42)51-44-23-11-9-17-38(44)48(40,3)4)36-30-28-35(29-31-36)34-26-24-33(25-27-34)32-14-6-5-7-15-32/h5-31H,1-4H3. The molecular weight excluding hydrogens is 623 g/mol. The van der Waals surface area contributed by atoms with Gasteiger partial charge in [-0.25, -0.2) is 0 Å². The van der Waals surface area contributed by atoms with E-state index < -0.39 is 0 Å². The average molecular weight is 662 g/mol. The third-order valence-electron chi connectivity index (χ3n) is 10.8. The molecule has 7 aromatic carbocycles. The van der Waals surface area contributed by atoms with Gasteiger partial charge in [-0.2, -0.15) is 0 Å². The summed E-state index contributed by atoms with van der Waals surface area (Å²) in [6.07, 6.45) is 0. The van der Waals surface area contributed by atoms with Gasteiger partial charge in [-0.15, -0.1) is 0 Å². The molecule has 3 heteroatoms. The van der Waals surface area contributed by atoms with Crippen LogP contribution in [0.4, 0.5) is 17.1 Å². The highest BCUT2D eigenvalue weighted by atomic mass is 16.5. The van der Waals surface area contributed by atoms with Gasteiger partial charge in [0.15, 0.2) is 11.5 Å². The van der Waals surface area contributed by atoms with E-state index in [1.807, 2.05) is 12.1 Å². The summed E-state index contributed by atoms with van der Waals surface area (Å²) in [7, 11) is 0. The number of para-hydroxylation sites is 4. The van der Waals surface area contributed by atoms with E-state index in [1.54, 1.807) is 0 Å². The first-order valence-electron chi connectivity index (χ1n) is 17.7. The molecule has 51 heavy (non-hydrogen) atoms. The topological polar surface area (TPSA) is 21.7 Å². The fourth-order valence-corrected chi connectivity index (χ4v) is 7.95. The highest BCUT2D eigenvalue weighted by Crippen LogP contribution is 2.57. The zero-order valence-electron chi connectivity index (χ0n) is 29.4. The summed E-state index contributed by atoms with van der Waals surface area (Å²) in [5.41, 5.74) is 11.8. The molecule has 0 unspecified atom stereocenters. The molecule has 0 aromatic heterocycles. The Bertz CT molecular complexity index is 2300. The van der Waals surface area contributed by atoms with Gasteiger partial charge < -0.3 is 14.4 Å². The monoisotopic (exact) mass is 661 g/mol. The predicted octanol–water partition coefficient (Wildman–Crippen LogP) is 13.4. The van der Waals surface area contributed by atoms with Crippen LogP contribution in [0.2, 0.25) is 0 Å². The molecule has 0 amide bonds. The number of hydrogen-bond donors (Lipinski definition) is 0. The average Bonchev–Trinajstić information content (AvgIpc) is 3.16. The van der Waals surface area contributed by atoms with Crippen molar-refractivity contribution in [3.8, 4) is 45.3 Å². The van der Waals surface area contributed by atoms with Gasteiger partial charge in [0.2, 0.25) is 0 Å². The largest absolute Gasteiger partial charge is 0.455 e. The lowest BCUT2D eigenvalue weighted by atomic mass is 9.75. The van der Waals surface area contributed by atoms with Crippen LogP contribution < -0.4 is 14.4 Å². The number of rotatable bonds is 5. The maximum atomic E-state index is 6.87. The van der Waals surface area contributed by atoms with Gasteiger partial charge in [-0.05, 0) is 58.7 Å². The van der Waals surface area contributed by atoms with Crippen molar-refractivity contribution in [1.82, 2.24) is 0 Å². The Morgan fingerprint density at radius 2 is 0.725 bits per heavy atom. The SMILES string of the molecule is CC1(C)c2ccccc2Oc2c(N(c3ccc(-c4ccc(-c5ccccc5)cc4)cc3)c3cccc4c3Oc3ccccc3C4(C)C)cccc21. The molecule has 0 N–H and O–H groups in total. The van der Waals surface area contributed by atoms with Gasteiger partial charge >= 0.3 is 0 Å². The van der Waals surface area contributed by atoms with Crippen molar-refractivity contribution in [3.05, 3.63) is 186 Å². The lowest BCUT2D eigenvalue weighted by Gasteiger charge is -2.39. The quantitative estimate of drug-likeness (QED) is 0.183. The number of nitrogens with zero attached hydrogens (tertiary/aromatic N) is 1. The highest BCUT2D eigenvalue weighted by Gasteiger charge is 2.39. The van der Waals surface area contributed by atoms with Crippen LogP contribution in [-0.4, -0.2) is 0 Å². The van der Waals surface area contributed by atoms with Crippen molar-refractivity contribution < 1.29 is 9.47 Å². The minimum Gasteiger partial charge on any atom is -0.455 e. The van der Waals surface area contributed by atoms with Crippen LogP contribution in [0.5, 0.6) is 23.0 Å². The van der Waals surface area contributed by atoms with Gasteiger partial charge in [0, 0.05) is 38.8 Å². The fourth-order valence-electron chi connectivity index (χ4n) is 7.95. The first-order valence-corrected chi connectivity index (χ1v) is 17.7. The summed E-state index contributed by atoms with van der Waals surface area (Å²) in [6, 6.07) is 58.0. The number of hydrogen-bond acceptors (Lipinski definition) is 3. The number of fused-ring (bicyclic) bond motifs is 4. The summed E-state index contributed by atoms with van der Waals surface area (Å²) >= 11 is 0. The van der Waals surface area contributed by atoms with E-state index >= 15 is 0 Å². The summed E-state index contributed by atoms with van der Waals surface area (Å²) < 4.78 is 13.7. The van der Waals surface area contributed by atoms with E-state index in [9.17, 15) is 0 Å². The Morgan fingerprint density at radius 1 is 0.353 bits per heavy atom. The molecule has 248 valence electrons. The van der Waals surface area contributed by atoms with Crippen molar-refractivity contribution in [3.63, 3.8) is 0 Å². The second kappa shape index (κ2) is 11.8. The molecule has 0 saturated heterocycles. The molecule has 0 spiro atoms. The molecule has 0 atom stereocenters. The van der Waals surface area contributed by atoms with Crippen LogP contribution in [0.25, 0.3) is 22.3 Å². The summed E-state index contributed by atoms with van der Waals surface area (Å²) in [5, 5.41) is 0. The second-order valence-electron chi connectivity index (χ2n) is 14.6. The van der Waals surface area contributed by atoms with Gasteiger partial charge in [0.1, 0.15) is 11.5 Å². The molecule has 0 bridgehead atoms. The van der Waals surface area contributed by atoms with E-state index in [0.29, 0.717) is 0 Å². The Morgan fingerprint density at radius 3 is 1.20 bits per heavy atom. The van der Waals surface area contributed by atoms with Crippen LogP contribution in [0, 0.1) is 0 Å². The lowest BCUT2D eigenvalue weighted by Crippen LogP contribution is -2.27. The molecule has 7 aromatic rings. The maximum Gasteiger partial charge on any atom is 0.155 e. The van der Waals surface area contributed by atoms with Crippen molar-refractivity contribution in [2.24, 2.45) is 0 Å². The van der Waals surface area contributed by atoms with E-state index in [1.165, 1.54) is 27.8 Å². The third-order valence-corrected chi connectivity index (χ3v) is 10.8. The van der Waals surface area contributed by atoms with Gasteiger partial charge in [0.05, 0.1) is 11.4 Å². The Kier molecular flexibility index (Phi) is 7.15. The first-order chi connectivity index (χ1) is 24.8. The van der Waals surface area contributed by atoms with Crippen molar-refractivity contribution in [2.45, 2.75) is 38.5 Å². The van der Waals surface area contributed by atoms with Crippen LogP contribution in [0.1, 0.15) is 49.9 Å². The smallest absolute Gasteiger partial charge is 0.155 e. The molecule has 0 radical (unpaired) electrons. The molecular formula is C48H39NO2. The fraction of sp³-hybridized carbons (Fsp3) is 0.125. The van der Waals surface area contributed by atoms with E-state index in [0.717, 1.165) is 56.8 Å². The van der Waals surface area contributed by atoms with E-state index in [4.69, 9.17) is 9.47 Å². The summed E-state index contributed by atoms with van der Waals surface area (Å²) in [5.74, 6) is 3.49. The first kappa shape index (κ1) is 31.0. The maximum absolute atomic E-state index is 6.87. The van der Waals surface area contributed by atoms with Gasteiger partial charge in [0.25, 0.3) is 0 Å². The molecule has 3 nitrogen and oxygen atoms in total. The van der Waals surface area contributed by atoms with Crippen molar-refractivity contribution >= 4 is 17.1 Å². The number of benzene rings is 7. The Labute approximate surface area is 300 Å². The molecule has 2 aliphatic rings. The Balaban J connectivity index is 1.20. The number of anilines is 3. The van der Waals surface area contributed by atoms with E-state index in [-0.39, 0.29) is 10.8 Å². The zero-order valence-corrected chi connectivity index (χ0v) is 29.4. The van der Waals surface area contributed by atoms with Crippen LogP contribution in [0.15, 0.2) is 164 Å². The second-order valence-corrected chi connectivity index (χ2v) is 14.6. The summed E-state index contributed by atoms with van der Waals surface area (Å²) in [6.45, 7) is 9.14. The lowest BCUT2D eigenvalue weighted by molar-refractivity contribution is 0.416. The molecule has 0 fully saturated rings.